The third-order valence-corrected chi connectivity index (χ3v) is 7.96. The summed E-state index contributed by atoms with van der Waals surface area (Å²) in [4.78, 5) is 0. The second-order valence-corrected chi connectivity index (χ2v) is 11.1. The summed E-state index contributed by atoms with van der Waals surface area (Å²) in [6.45, 7) is 11.7. The van der Waals surface area contributed by atoms with E-state index in [-0.39, 0.29) is 10.8 Å². The molecule has 33 heavy (non-hydrogen) atoms. The maximum atomic E-state index is 6.87. The molecule has 2 aromatic heterocycles. The Bertz CT molecular complexity index is 1590. The summed E-state index contributed by atoms with van der Waals surface area (Å²) in [5, 5.41) is 9.39. The van der Waals surface area contributed by atoms with Gasteiger partial charge in [0.25, 0.3) is 0 Å². The van der Waals surface area contributed by atoms with Gasteiger partial charge in [0.2, 0.25) is 5.69 Å². The van der Waals surface area contributed by atoms with E-state index in [1.54, 1.807) is 0 Å². The van der Waals surface area contributed by atoms with Crippen molar-refractivity contribution in [3.05, 3.63) is 71.4 Å². The highest BCUT2D eigenvalue weighted by molar-refractivity contribution is 6.18. The first-order valence-electron chi connectivity index (χ1n) is 11.9. The second-order valence-electron chi connectivity index (χ2n) is 11.1. The topological polar surface area (TPSA) is 29.9 Å². The van der Waals surface area contributed by atoms with Crippen molar-refractivity contribution in [1.29, 1.82) is 0 Å². The van der Waals surface area contributed by atoms with Crippen LogP contribution in [-0.2, 0) is 17.9 Å². The Morgan fingerprint density at radius 1 is 0.848 bits per heavy atom. The monoisotopic (exact) mass is 435 g/mol. The molecule has 2 heterocycles. The first-order valence-corrected chi connectivity index (χ1v) is 11.9. The molecule has 3 heteroatoms. The molecular weight excluding hydrogens is 404 g/mol. The average Bonchev–Trinajstić information content (AvgIpc) is 3.16. The summed E-state index contributed by atoms with van der Waals surface area (Å²) >= 11 is 0. The summed E-state index contributed by atoms with van der Waals surface area (Å²) in [5.41, 5.74) is 8.54. The molecule has 0 spiro atoms. The van der Waals surface area contributed by atoms with Gasteiger partial charge in [0, 0.05) is 22.2 Å². The number of aromatic nitrogens is 2. The van der Waals surface area contributed by atoms with Crippen molar-refractivity contribution in [1.82, 2.24) is 5.10 Å². The zero-order valence-electron chi connectivity index (χ0n) is 20.4. The van der Waals surface area contributed by atoms with Gasteiger partial charge in [-0.1, -0.05) is 62.7 Å². The van der Waals surface area contributed by atoms with E-state index in [0.29, 0.717) is 0 Å². The quantitative estimate of drug-likeness (QED) is 0.259. The average molecular weight is 436 g/mol. The van der Waals surface area contributed by atoms with Crippen LogP contribution in [0.15, 0.2) is 59.1 Å². The summed E-state index contributed by atoms with van der Waals surface area (Å²) in [6.07, 6.45) is 4.20. The maximum absolute atomic E-state index is 6.87. The number of aryl methyl sites for hydroxylation is 2. The lowest BCUT2D eigenvalue weighted by Crippen LogP contribution is -2.35. The Morgan fingerprint density at radius 2 is 1.55 bits per heavy atom. The third kappa shape index (κ3) is 2.81. The van der Waals surface area contributed by atoms with Gasteiger partial charge < -0.3 is 4.42 Å². The van der Waals surface area contributed by atoms with Crippen LogP contribution in [0.1, 0.15) is 57.2 Å². The standard InChI is InChI=1S/C30H31N2O/c1-18-9-12-20-21-13-10-19-11-14-22-26(30(4,5)16-15-29(22,2)3)25(19)28(21)33-27(20)24(18)23-8-7-17-31-32(23)6/h7-14,17H,15-16H2,1-6H3/q+1. The lowest BCUT2D eigenvalue weighted by atomic mass is 9.62. The van der Waals surface area contributed by atoms with E-state index in [4.69, 9.17) is 4.42 Å². The predicted octanol–water partition coefficient (Wildman–Crippen LogP) is 7.28. The van der Waals surface area contributed by atoms with Crippen molar-refractivity contribution in [2.45, 2.75) is 58.3 Å². The zero-order valence-corrected chi connectivity index (χ0v) is 20.4. The van der Waals surface area contributed by atoms with E-state index < -0.39 is 0 Å². The molecule has 166 valence electrons. The molecular formula is C30H31N2O+. The fraction of sp³-hybridized carbons (Fsp3) is 0.333. The predicted molar refractivity (Wildman–Crippen MR) is 136 cm³/mol. The minimum absolute atomic E-state index is 0.103. The summed E-state index contributed by atoms with van der Waals surface area (Å²) in [7, 11) is 1.99. The molecule has 0 radical (unpaired) electrons. The van der Waals surface area contributed by atoms with Gasteiger partial charge in [-0.05, 0) is 69.9 Å². The molecule has 0 N–H and O–H groups in total. The minimum Gasteiger partial charge on any atom is -0.454 e. The highest BCUT2D eigenvalue weighted by Crippen LogP contribution is 2.50. The van der Waals surface area contributed by atoms with Crippen LogP contribution in [-0.4, -0.2) is 5.10 Å². The van der Waals surface area contributed by atoms with Gasteiger partial charge in [0.15, 0.2) is 7.05 Å². The number of hydrogen-bond donors (Lipinski definition) is 0. The van der Waals surface area contributed by atoms with Gasteiger partial charge in [-0.25, -0.2) is 0 Å². The summed E-state index contributed by atoms with van der Waals surface area (Å²) in [5.74, 6) is 0. The lowest BCUT2D eigenvalue weighted by Gasteiger charge is -2.42. The van der Waals surface area contributed by atoms with Crippen LogP contribution >= 0.6 is 0 Å². The molecule has 0 unspecified atom stereocenters. The molecule has 3 nitrogen and oxygen atoms in total. The zero-order chi connectivity index (χ0) is 23.1. The number of hydrogen-bond acceptors (Lipinski definition) is 2. The van der Waals surface area contributed by atoms with Crippen LogP contribution < -0.4 is 4.68 Å². The van der Waals surface area contributed by atoms with Crippen molar-refractivity contribution in [3.8, 4) is 11.3 Å². The molecule has 0 bridgehead atoms. The lowest BCUT2D eigenvalue weighted by molar-refractivity contribution is -0.720. The van der Waals surface area contributed by atoms with Crippen LogP contribution in [0, 0.1) is 6.92 Å². The fourth-order valence-electron chi connectivity index (χ4n) is 5.96. The largest absolute Gasteiger partial charge is 0.454 e. The van der Waals surface area contributed by atoms with Crippen LogP contribution in [0.3, 0.4) is 0 Å². The molecule has 1 aliphatic rings. The second kappa shape index (κ2) is 6.66. The van der Waals surface area contributed by atoms with E-state index >= 15 is 0 Å². The summed E-state index contributed by atoms with van der Waals surface area (Å²) < 4.78 is 8.80. The highest BCUT2D eigenvalue weighted by Gasteiger charge is 2.39. The normalized spacial score (nSPS) is 17.0. The van der Waals surface area contributed by atoms with Gasteiger partial charge in [-0.3, -0.25) is 0 Å². The molecule has 6 rings (SSSR count). The Labute approximate surface area is 195 Å². The van der Waals surface area contributed by atoms with Crippen molar-refractivity contribution in [3.63, 3.8) is 0 Å². The molecule has 0 aliphatic heterocycles. The number of rotatable bonds is 1. The molecule has 0 saturated carbocycles. The molecule has 0 saturated heterocycles. The molecule has 0 amide bonds. The minimum atomic E-state index is 0.103. The molecule has 1 aliphatic carbocycles. The van der Waals surface area contributed by atoms with Crippen molar-refractivity contribution in [2.24, 2.45) is 7.05 Å². The Kier molecular flexibility index (Phi) is 4.12. The van der Waals surface area contributed by atoms with E-state index in [2.05, 4.69) is 82.2 Å². The summed E-state index contributed by atoms with van der Waals surface area (Å²) in [6, 6.07) is 17.7. The van der Waals surface area contributed by atoms with Crippen molar-refractivity contribution < 1.29 is 9.10 Å². The first kappa shape index (κ1) is 20.4. The highest BCUT2D eigenvalue weighted by atomic mass is 16.3. The van der Waals surface area contributed by atoms with Gasteiger partial charge in [-0.2, -0.15) is 0 Å². The maximum Gasteiger partial charge on any atom is 0.242 e. The molecule has 0 fully saturated rings. The SMILES string of the molecule is Cc1ccc2c(oc3c2ccc2ccc4c(c23)C(C)(C)CCC4(C)C)c1-c1cccn[n+]1C. The van der Waals surface area contributed by atoms with Crippen LogP contribution in [0.5, 0.6) is 0 Å². The fourth-order valence-corrected chi connectivity index (χ4v) is 5.96. The Morgan fingerprint density at radius 3 is 2.33 bits per heavy atom. The van der Waals surface area contributed by atoms with Crippen molar-refractivity contribution in [2.75, 3.05) is 0 Å². The van der Waals surface area contributed by atoms with Crippen LogP contribution in [0.4, 0.5) is 0 Å². The van der Waals surface area contributed by atoms with E-state index in [1.165, 1.54) is 51.1 Å². The van der Waals surface area contributed by atoms with Gasteiger partial charge in [0.1, 0.15) is 11.2 Å². The van der Waals surface area contributed by atoms with Crippen LogP contribution in [0.2, 0.25) is 0 Å². The smallest absolute Gasteiger partial charge is 0.242 e. The molecule has 0 atom stereocenters. The van der Waals surface area contributed by atoms with Gasteiger partial charge in [0.05, 0.1) is 11.8 Å². The van der Waals surface area contributed by atoms with Gasteiger partial charge >= 0.3 is 0 Å². The van der Waals surface area contributed by atoms with Crippen LogP contribution in [0.25, 0.3) is 44.0 Å². The molecule has 5 aromatic rings. The Hall–Kier alpha value is -3.20. The third-order valence-electron chi connectivity index (χ3n) is 7.96. The Balaban J connectivity index is 1.80. The van der Waals surface area contributed by atoms with E-state index in [1.807, 2.05) is 24.0 Å². The van der Waals surface area contributed by atoms with Gasteiger partial charge in [-0.15, -0.1) is 0 Å². The molecule has 3 aromatic carbocycles. The van der Waals surface area contributed by atoms with E-state index in [9.17, 15) is 0 Å². The first-order chi connectivity index (χ1) is 15.7. The number of furan rings is 1. The number of fused-ring (bicyclic) bond motifs is 7. The van der Waals surface area contributed by atoms with E-state index in [0.717, 1.165) is 22.4 Å². The number of benzene rings is 3. The number of nitrogens with zero attached hydrogens (tertiary/aromatic N) is 2. The van der Waals surface area contributed by atoms with Crippen molar-refractivity contribution >= 4 is 32.7 Å².